The van der Waals surface area contributed by atoms with E-state index in [2.05, 4.69) is 10.6 Å². The van der Waals surface area contributed by atoms with E-state index in [9.17, 15) is 13.2 Å². The van der Waals surface area contributed by atoms with Gasteiger partial charge in [0.05, 0.1) is 11.4 Å². The van der Waals surface area contributed by atoms with Crippen LogP contribution in [0, 0.1) is 6.92 Å². The monoisotopic (exact) mass is 325 g/mol. The van der Waals surface area contributed by atoms with E-state index < -0.39 is 10.0 Å². The molecule has 6 nitrogen and oxygen atoms in total. The number of rotatable bonds is 6. The lowest BCUT2D eigenvalue weighted by Gasteiger charge is -2.18. The highest BCUT2D eigenvalue weighted by molar-refractivity contribution is 7.93. The number of carbonyl (C=O) groups is 1. The molecule has 0 aliphatic carbocycles. The summed E-state index contributed by atoms with van der Waals surface area (Å²) in [6.45, 7) is 3.80. The van der Waals surface area contributed by atoms with Crippen molar-refractivity contribution in [1.29, 1.82) is 0 Å². The third-order valence-corrected chi connectivity index (χ3v) is 5.60. The summed E-state index contributed by atoms with van der Waals surface area (Å²) < 4.78 is 25.3. The zero-order valence-electron chi connectivity index (χ0n) is 13.1. The van der Waals surface area contributed by atoms with E-state index in [0.29, 0.717) is 30.8 Å². The summed E-state index contributed by atoms with van der Waals surface area (Å²) >= 11 is 0. The normalized spacial score (nSPS) is 16.7. The lowest BCUT2D eigenvalue weighted by molar-refractivity contribution is 0.0952. The Kier molecular flexibility index (Phi) is 5.42. The second-order valence-electron chi connectivity index (χ2n) is 5.45. The minimum atomic E-state index is -3.18. The van der Waals surface area contributed by atoms with Crippen LogP contribution in [0.2, 0.25) is 0 Å². The van der Waals surface area contributed by atoms with Crippen LogP contribution < -0.4 is 14.9 Å². The van der Waals surface area contributed by atoms with Gasteiger partial charge in [-0.1, -0.05) is 0 Å². The minimum absolute atomic E-state index is 0.121. The van der Waals surface area contributed by atoms with Crippen molar-refractivity contribution in [3.8, 4) is 0 Å². The van der Waals surface area contributed by atoms with Gasteiger partial charge in [0.1, 0.15) is 0 Å². The highest BCUT2D eigenvalue weighted by Gasteiger charge is 2.28. The number of aryl methyl sites for hydroxylation is 1. The number of benzene rings is 1. The molecule has 122 valence electrons. The van der Waals surface area contributed by atoms with Gasteiger partial charge >= 0.3 is 0 Å². The first kappa shape index (κ1) is 16.8. The predicted molar refractivity (Wildman–Crippen MR) is 87.8 cm³/mol. The van der Waals surface area contributed by atoms with Gasteiger partial charge in [0, 0.05) is 18.7 Å². The summed E-state index contributed by atoms with van der Waals surface area (Å²) in [7, 11) is -1.31. The first-order valence-electron chi connectivity index (χ1n) is 7.49. The molecule has 0 saturated carbocycles. The Labute approximate surface area is 131 Å². The Morgan fingerprint density at radius 1 is 1.32 bits per heavy atom. The average molecular weight is 325 g/mol. The van der Waals surface area contributed by atoms with Crippen LogP contribution in [0.5, 0.6) is 0 Å². The van der Waals surface area contributed by atoms with Gasteiger partial charge in [-0.25, -0.2) is 8.42 Å². The molecule has 0 atom stereocenters. The highest BCUT2D eigenvalue weighted by Crippen LogP contribution is 2.26. The quantitative estimate of drug-likeness (QED) is 0.761. The maximum absolute atomic E-state index is 12.1. The smallest absolute Gasteiger partial charge is 0.251 e. The van der Waals surface area contributed by atoms with Gasteiger partial charge in [-0.2, -0.15) is 0 Å². The molecule has 1 saturated heterocycles. The lowest BCUT2D eigenvalue weighted by atomic mass is 10.1. The average Bonchev–Trinajstić information content (AvgIpc) is 2.82. The Hall–Kier alpha value is -1.60. The molecule has 0 spiro atoms. The van der Waals surface area contributed by atoms with Gasteiger partial charge < -0.3 is 10.6 Å². The number of sulfonamides is 1. The number of nitrogens with one attached hydrogen (secondary N) is 2. The molecule has 1 aliphatic heterocycles. The van der Waals surface area contributed by atoms with Crippen LogP contribution in [0.1, 0.15) is 28.8 Å². The van der Waals surface area contributed by atoms with Crippen LogP contribution in [-0.2, 0) is 10.0 Å². The Bertz CT molecular complexity index is 643. The minimum Gasteiger partial charge on any atom is -0.352 e. The third-order valence-electron chi connectivity index (χ3n) is 3.73. The molecule has 0 aromatic heterocycles. The molecule has 0 radical (unpaired) electrons. The number of amides is 1. The largest absolute Gasteiger partial charge is 0.352 e. The predicted octanol–water partition coefficient (Wildman–Crippen LogP) is 0.874. The molecule has 0 bridgehead atoms. The van der Waals surface area contributed by atoms with E-state index in [-0.39, 0.29) is 11.7 Å². The molecule has 7 heteroatoms. The van der Waals surface area contributed by atoms with Crippen LogP contribution in [0.4, 0.5) is 5.69 Å². The molecule has 1 amide bonds. The molecular formula is C15H23N3O3S. The standard InChI is InChI=1S/C15H23N3O3S/c1-12-11-13(18-9-4-10-22(18,20)21)5-6-14(12)15(19)17-8-3-7-16-2/h5-6,11,16H,3-4,7-10H2,1-2H3,(H,17,19). The fourth-order valence-corrected chi connectivity index (χ4v) is 4.11. The van der Waals surface area contributed by atoms with Crippen LogP contribution in [0.25, 0.3) is 0 Å². The van der Waals surface area contributed by atoms with Crippen LogP contribution in [-0.4, -0.2) is 46.8 Å². The molecule has 1 fully saturated rings. The molecule has 0 unspecified atom stereocenters. The van der Waals surface area contributed by atoms with Crippen LogP contribution in [0.15, 0.2) is 18.2 Å². The van der Waals surface area contributed by atoms with E-state index in [1.165, 1.54) is 4.31 Å². The first-order chi connectivity index (χ1) is 10.5. The number of anilines is 1. The number of nitrogens with zero attached hydrogens (tertiary/aromatic N) is 1. The van der Waals surface area contributed by atoms with Gasteiger partial charge in [-0.3, -0.25) is 9.10 Å². The molecule has 2 N–H and O–H groups in total. The fourth-order valence-electron chi connectivity index (χ4n) is 2.55. The highest BCUT2D eigenvalue weighted by atomic mass is 32.2. The zero-order valence-corrected chi connectivity index (χ0v) is 13.9. The van der Waals surface area contributed by atoms with E-state index in [1.54, 1.807) is 18.2 Å². The summed E-state index contributed by atoms with van der Waals surface area (Å²) in [5.41, 5.74) is 2.01. The number of carbonyl (C=O) groups excluding carboxylic acids is 1. The Morgan fingerprint density at radius 2 is 2.09 bits per heavy atom. The molecular weight excluding hydrogens is 302 g/mol. The van der Waals surface area contributed by atoms with Crippen LogP contribution in [0.3, 0.4) is 0 Å². The Balaban J connectivity index is 2.08. The van der Waals surface area contributed by atoms with Crippen molar-refractivity contribution in [3.63, 3.8) is 0 Å². The molecule has 1 heterocycles. The van der Waals surface area contributed by atoms with Crippen molar-refractivity contribution in [2.24, 2.45) is 0 Å². The molecule has 1 aromatic carbocycles. The summed E-state index contributed by atoms with van der Waals surface area (Å²) in [4.78, 5) is 12.1. The van der Waals surface area contributed by atoms with E-state index in [4.69, 9.17) is 0 Å². The first-order valence-corrected chi connectivity index (χ1v) is 9.10. The van der Waals surface area contributed by atoms with Crippen LogP contribution >= 0.6 is 0 Å². The van der Waals surface area contributed by atoms with Crippen molar-refractivity contribution in [3.05, 3.63) is 29.3 Å². The molecule has 22 heavy (non-hydrogen) atoms. The SMILES string of the molecule is CNCCCNC(=O)c1ccc(N2CCCS2(=O)=O)cc1C. The summed E-state index contributed by atoms with van der Waals surface area (Å²) in [6, 6.07) is 5.18. The molecule has 2 rings (SSSR count). The second-order valence-corrected chi connectivity index (χ2v) is 7.47. The van der Waals surface area contributed by atoms with Crippen molar-refractivity contribution < 1.29 is 13.2 Å². The van der Waals surface area contributed by atoms with Crippen molar-refractivity contribution >= 4 is 21.6 Å². The van der Waals surface area contributed by atoms with Gasteiger partial charge in [-0.15, -0.1) is 0 Å². The van der Waals surface area contributed by atoms with Gasteiger partial charge in [-0.05, 0) is 57.1 Å². The Morgan fingerprint density at radius 3 is 2.68 bits per heavy atom. The van der Waals surface area contributed by atoms with Gasteiger partial charge in [0.15, 0.2) is 0 Å². The fraction of sp³-hybridized carbons (Fsp3) is 0.533. The lowest BCUT2D eigenvalue weighted by Crippen LogP contribution is -2.28. The molecule has 1 aliphatic rings. The number of hydrogen-bond donors (Lipinski definition) is 2. The maximum Gasteiger partial charge on any atom is 0.251 e. The van der Waals surface area contributed by atoms with E-state index in [1.807, 2.05) is 14.0 Å². The van der Waals surface area contributed by atoms with Crippen molar-refractivity contribution in [2.75, 3.05) is 36.7 Å². The van der Waals surface area contributed by atoms with E-state index in [0.717, 1.165) is 18.5 Å². The second kappa shape index (κ2) is 7.11. The van der Waals surface area contributed by atoms with E-state index >= 15 is 0 Å². The molecule has 1 aromatic rings. The summed E-state index contributed by atoms with van der Waals surface area (Å²) in [5.74, 6) is 0.0733. The summed E-state index contributed by atoms with van der Waals surface area (Å²) in [6.07, 6.45) is 1.51. The number of hydrogen-bond acceptors (Lipinski definition) is 4. The van der Waals surface area contributed by atoms with Crippen molar-refractivity contribution in [1.82, 2.24) is 10.6 Å². The summed E-state index contributed by atoms with van der Waals surface area (Å²) in [5, 5.41) is 5.89. The van der Waals surface area contributed by atoms with Crippen molar-refractivity contribution in [2.45, 2.75) is 19.8 Å². The maximum atomic E-state index is 12.1. The topological polar surface area (TPSA) is 78.5 Å². The third kappa shape index (κ3) is 3.78. The zero-order chi connectivity index (χ0) is 16.2. The van der Waals surface area contributed by atoms with Gasteiger partial charge in [0.25, 0.3) is 5.91 Å². The van der Waals surface area contributed by atoms with Gasteiger partial charge in [0.2, 0.25) is 10.0 Å².